The van der Waals surface area contributed by atoms with Gasteiger partial charge in [0.15, 0.2) is 0 Å². The van der Waals surface area contributed by atoms with Crippen LogP contribution in [0, 0.1) is 13.8 Å². The van der Waals surface area contributed by atoms with E-state index >= 15 is 0 Å². The molecule has 1 heterocycles. The minimum absolute atomic E-state index is 0.0146. The number of imidazole rings is 1. The highest BCUT2D eigenvalue weighted by Gasteiger charge is 2.14. The summed E-state index contributed by atoms with van der Waals surface area (Å²) in [4.78, 5) is 22.0. The van der Waals surface area contributed by atoms with E-state index in [2.05, 4.69) is 58.3 Å². The number of nitrogens with zero attached hydrogens (tertiary/aromatic N) is 2. The number of fused-ring (bicyclic) bond motifs is 1. The lowest BCUT2D eigenvalue weighted by Crippen LogP contribution is -2.37. The van der Waals surface area contributed by atoms with Crippen LogP contribution in [0.5, 0.6) is 0 Å². The summed E-state index contributed by atoms with van der Waals surface area (Å²) >= 11 is 0. The summed E-state index contributed by atoms with van der Waals surface area (Å²) < 4.78 is 0. The number of amides is 1. The van der Waals surface area contributed by atoms with Crippen molar-refractivity contribution in [2.75, 3.05) is 18.9 Å². The zero-order valence-corrected chi connectivity index (χ0v) is 15.8. The third-order valence-electron chi connectivity index (χ3n) is 4.64. The van der Waals surface area contributed by atoms with Crippen molar-refractivity contribution in [2.24, 2.45) is 0 Å². The van der Waals surface area contributed by atoms with Crippen molar-refractivity contribution in [1.82, 2.24) is 14.9 Å². The number of carbonyl (C=O) groups is 1. The van der Waals surface area contributed by atoms with Crippen LogP contribution in [0.4, 0.5) is 5.69 Å². The molecule has 0 aliphatic carbocycles. The number of likely N-dealkylation sites (N-methyl/N-ethyl adjacent to an activating group) is 1. The van der Waals surface area contributed by atoms with Crippen LogP contribution >= 0.6 is 0 Å². The molecule has 1 aromatic heterocycles. The van der Waals surface area contributed by atoms with Crippen LogP contribution in [0.15, 0.2) is 42.5 Å². The Morgan fingerprint density at radius 3 is 2.81 bits per heavy atom. The van der Waals surface area contributed by atoms with Crippen molar-refractivity contribution in [3.05, 3.63) is 59.4 Å². The molecule has 0 radical (unpaired) electrons. The molecule has 26 heavy (non-hydrogen) atoms. The van der Waals surface area contributed by atoms with E-state index in [-0.39, 0.29) is 11.9 Å². The summed E-state index contributed by atoms with van der Waals surface area (Å²) in [7, 11) is 1.99. The van der Waals surface area contributed by atoms with Crippen LogP contribution in [0.1, 0.15) is 23.9 Å². The van der Waals surface area contributed by atoms with E-state index in [0.29, 0.717) is 6.54 Å². The van der Waals surface area contributed by atoms with Gasteiger partial charge in [-0.15, -0.1) is 0 Å². The van der Waals surface area contributed by atoms with Gasteiger partial charge in [-0.2, -0.15) is 0 Å². The van der Waals surface area contributed by atoms with Crippen molar-refractivity contribution in [1.29, 1.82) is 0 Å². The lowest BCUT2D eigenvalue weighted by Gasteiger charge is -2.24. The molecule has 0 saturated heterocycles. The van der Waals surface area contributed by atoms with E-state index in [1.807, 2.05) is 32.2 Å². The first-order valence-corrected chi connectivity index (χ1v) is 8.93. The van der Waals surface area contributed by atoms with Crippen molar-refractivity contribution in [2.45, 2.75) is 33.2 Å². The highest BCUT2D eigenvalue weighted by Crippen LogP contribution is 2.17. The Kier molecular flexibility index (Phi) is 5.38. The van der Waals surface area contributed by atoms with Gasteiger partial charge in [0, 0.05) is 11.7 Å². The second-order valence-electron chi connectivity index (χ2n) is 7.06. The quantitative estimate of drug-likeness (QED) is 0.713. The average Bonchev–Trinajstić information content (AvgIpc) is 2.94. The van der Waals surface area contributed by atoms with E-state index in [1.54, 1.807) is 0 Å². The van der Waals surface area contributed by atoms with Gasteiger partial charge in [0.05, 0.1) is 17.6 Å². The van der Waals surface area contributed by atoms with Crippen LogP contribution in [-0.4, -0.2) is 40.4 Å². The molecule has 1 atom stereocenters. The Hall–Kier alpha value is -2.66. The lowest BCUT2D eigenvalue weighted by atomic mass is 10.0. The number of aryl methyl sites for hydroxylation is 2. The van der Waals surface area contributed by atoms with Gasteiger partial charge in [0.25, 0.3) is 0 Å². The van der Waals surface area contributed by atoms with E-state index in [0.717, 1.165) is 29.0 Å². The third kappa shape index (κ3) is 4.49. The van der Waals surface area contributed by atoms with E-state index in [4.69, 9.17) is 0 Å². The molecule has 0 aliphatic rings. The molecule has 5 heteroatoms. The summed E-state index contributed by atoms with van der Waals surface area (Å²) in [6.45, 7) is 6.52. The first-order valence-electron chi connectivity index (χ1n) is 8.93. The zero-order chi connectivity index (χ0) is 18.7. The molecule has 2 N–H and O–H groups in total. The Balaban J connectivity index is 1.57. The molecule has 3 rings (SSSR count). The van der Waals surface area contributed by atoms with Crippen LogP contribution in [-0.2, 0) is 11.2 Å². The average molecular weight is 350 g/mol. The van der Waals surface area contributed by atoms with Crippen molar-refractivity contribution in [3.63, 3.8) is 0 Å². The van der Waals surface area contributed by atoms with Crippen molar-refractivity contribution >= 4 is 22.6 Å². The molecule has 2 aromatic carbocycles. The maximum Gasteiger partial charge on any atom is 0.238 e. The second kappa shape index (κ2) is 7.70. The molecule has 0 spiro atoms. The zero-order valence-electron chi connectivity index (χ0n) is 15.8. The van der Waals surface area contributed by atoms with Gasteiger partial charge in [-0.1, -0.05) is 29.8 Å². The van der Waals surface area contributed by atoms with Crippen LogP contribution in [0.25, 0.3) is 11.0 Å². The molecule has 3 aromatic rings. The number of nitrogens with one attached hydrogen (secondary N) is 2. The van der Waals surface area contributed by atoms with E-state index in [1.165, 1.54) is 11.1 Å². The molecule has 5 nitrogen and oxygen atoms in total. The van der Waals surface area contributed by atoms with E-state index in [9.17, 15) is 4.79 Å². The third-order valence-corrected chi connectivity index (χ3v) is 4.64. The largest absolute Gasteiger partial charge is 0.342 e. The molecule has 1 amide bonds. The van der Waals surface area contributed by atoms with Gasteiger partial charge >= 0.3 is 0 Å². The first kappa shape index (κ1) is 18.1. The molecule has 0 aliphatic heterocycles. The maximum absolute atomic E-state index is 12.4. The van der Waals surface area contributed by atoms with E-state index < -0.39 is 0 Å². The standard InChI is InChI=1S/C21H26N4O/c1-14-6-5-7-17(10-14)11-15(2)25(4)13-21(26)24-18-8-9-19-20(12-18)23-16(3)22-19/h5-10,12,15H,11,13H2,1-4H3,(H,22,23)(H,24,26). The summed E-state index contributed by atoms with van der Waals surface area (Å²) in [5.74, 6) is 0.854. The summed E-state index contributed by atoms with van der Waals surface area (Å²) in [5, 5.41) is 2.97. The Morgan fingerprint density at radius 1 is 1.23 bits per heavy atom. The van der Waals surface area contributed by atoms with Crippen LogP contribution in [0.2, 0.25) is 0 Å². The first-order chi connectivity index (χ1) is 12.4. The molecule has 136 valence electrons. The fourth-order valence-corrected chi connectivity index (χ4v) is 3.13. The SMILES string of the molecule is Cc1cccc(CC(C)N(C)CC(=O)Nc2ccc3nc(C)[nH]c3c2)c1. The summed E-state index contributed by atoms with van der Waals surface area (Å²) in [6, 6.07) is 14.5. The number of benzene rings is 2. The Bertz CT molecular complexity index is 915. The lowest BCUT2D eigenvalue weighted by molar-refractivity contribution is -0.117. The summed E-state index contributed by atoms with van der Waals surface area (Å²) in [6.07, 6.45) is 0.921. The number of anilines is 1. The maximum atomic E-state index is 12.4. The number of hydrogen-bond donors (Lipinski definition) is 2. The van der Waals surface area contributed by atoms with Gasteiger partial charge in [-0.3, -0.25) is 9.69 Å². The normalized spacial score (nSPS) is 12.5. The summed E-state index contributed by atoms with van der Waals surface area (Å²) in [5.41, 5.74) is 5.18. The topological polar surface area (TPSA) is 61.0 Å². The van der Waals surface area contributed by atoms with Crippen LogP contribution < -0.4 is 5.32 Å². The highest BCUT2D eigenvalue weighted by atomic mass is 16.2. The minimum Gasteiger partial charge on any atom is -0.342 e. The number of aromatic amines is 1. The smallest absolute Gasteiger partial charge is 0.238 e. The number of carbonyl (C=O) groups excluding carboxylic acids is 1. The predicted octanol–water partition coefficient (Wildman–Crippen LogP) is 3.68. The molecule has 0 bridgehead atoms. The van der Waals surface area contributed by atoms with Crippen molar-refractivity contribution in [3.8, 4) is 0 Å². The van der Waals surface area contributed by atoms with Gasteiger partial charge in [-0.25, -0.2) is 4.98 Å². The molecular formula is C21H26N4O. The van der Waals surface area contributed by atoms with Gasteiger partial charge < -0.3 is 10.3 Å². The van der Waals surface area contributed by atoms with Gasteiger partial charge in [0.2, 0.25) is 5.91 Å². The minimum atomic E-state index is -0.0146. The fourth-order valence-electron chi connectivity index (χ4n) is 3.13. The number of aromatic nitrogens is 2. The molecule has 1 unspecified atom stereocenters. The Morgan fingerprint density at radius 2 is 2.04 bits per heavy atom. The van der Waals surface area contributed by atoms with Gasteiger partial charge in [-0.05, 0) is 58.0 Å². The number of hydrogen-bond acceptors (Lipinski definition) is 3. The fraction of sp³-hybridized carbons (Fsp3) is 0.333. The molecule has 0 saturated carbocycles. The number of H-pyrrole nitrogens is 1. The highest BCUT2D eigenvalue weighted by molar-refractivity contribution is 5.94. The molecular weight excluding hydrogens is 324 g/mol. The predicted molar refractivity (Wildman–Crippen MR) is 106 cm³/mol. The van der Waals surface area contributed by atoms with Gasteiger partial charge in [0.1, 0.15) is 5.82 Å². The number of rotatable bonds is 6. The Labute approximate surface area is 154 Å². The van der Waals surface area contributed by atoms with Crippen molar-refractivity contribution < 1.29 is 4.79 Å². The second-order valence-corrected chi connectivity index (χ2v) is 7.06. The monoisotopic (exact) mass is 350 g/mol. The van der Waals surface area contributed by atoms with Crippen LogP contribution in [0.3, 0.4) is 0 Å². The molecule has 0 fully saturated rings.